The molecule has 0 atom stereocenters. The van der Waals surface area contributed by atoms with Crippen molar-refractivity contribution >= 4 is 39.8 Å². The van der Waals surface area contributed by atoms with Crippen molar-refractivity contribution in [2.75, 3.05) is 9.80 Å². The molecule has 0 N–H and O–H groups in total. The number of hydrogen-bond donors (Lipinski definition) is 0. The van der Waals surface area contributed by atoms with Gasteiger partial charge < -0.3 is 9.80 Å². The summed E-state index contributed by atoms with van der Waals surface area (Å²) in [5.74, 6) is 0. The van der Waals surface area contributed by atoms with Gasteiger partial charge in [-0.1, -0.05) is 24.3 Å². The monoisotopic (exact) mass is 843 g/mol. The molecular weight excluding hydrogens is 784 g/mol. The fourth-order valence-electron chi connectivity index (χ4n) is 11.2. The van der Waals surface area contributed by atoms with E-state index in [1.165, 1.54) is 112 Å². The molecule has 0 saturated carbocycles. The number of anilines is 6. The second kappa shape index (κ2) is 14.9. The summed E-state index contributed by atoms with van der Waals surface area (Å²) in [5, 5.41) is 0. The van der Waals surface area contributed by atoms with Crippen LogP contribution < -0.4 is 9.80 Å². The van der Waals surface area contributed by atoms with E-state index in [0.29, 0.717) is 17.7 Å². The maximum absolute atomic E-state index is 15.5. The second-order valence-electron chi connectivity index (χ2n) is 18.7. The van der Waals surface area contributed by atoms with Crippen molar-refractivity contribution < 1.29 is 13.2 Å². The summed E-state index contributed by atoms with van der Waals surface area (Å²) in [7, 11) is 0. The lowest BCUT2D eigenvalue weighted by Gasteiger charge is -2.43. The van der Waals surface area contributed by atoms with Gasteiger partial charge in [-0.15, -0.1) is 0 Å². The molecule has 6 heteroatoms. The van der Waals surface area contributed by atoms with E-state index in [2.05, 4.69) is 132 Å². The van der Waals surface area contributed by atoms with Crippen LogP contribution in [0, 0.1) is 124 Å². The van der Waals surface area contributed by atoms with Gasteiger partial charge in [-0.05, 0) is 246 Å². The largest absolute Gasteiger partial charge is 0.415 e. The lowest BCUT2D eigenvalue weighted by atomic mass is 9.79. The Kier molecular flexibility index (Phi) is 10.4. The zero-order valence-electron chi connectivity index (χ0n) is 40.3. The van der Waals surface area contributed by atoms with Crippen LogP contribution in [-0.4, -0.2) is 0 Å². The third-order valence-corrected chi connectivity index (χ3v) is 16.3. The number of fused-ring (bicyclic) bond motifs is 4. The van der Waals surface area contributed by atoms with Gasteiger partial charge in [0, 0.05) is 18.4 Å². The molecule has 0 bridgehead atoms. The number of alkyl halides is 3. The first-order chi connectivity index (χ1) is 29.5. The molecule has 0 fully saturated rings. The maximum Gasteiger partial charge on any atom is 0.415 e. The van der Waals surface area contributed by atoms with E-state index in [1.54, 1.807) is 0 Å². The SMILES string of the molecule is [C-]#[N+]c1cccc(C(F)(F)F)c1-c1ccc(N2c3c(C)c(C)c(C)c(C)c3Cc3c(C)c(C)c(C)c(C)c32)c(C)c1N1c2c(C)c(C)c(C)c(C)c2Cc2c(C)c(C)c(C)c(C)c21. The molecule has 2 heterocycles. The van der Waals surface area contributed by atoms with E-state index in [9.17, 15) is 0 Å². The van der Waals surface area contributed by atoms with Crippen molar-refractivity contribution in [3.63, 3.8) is 0 Å². The highest BCUT2D eigenvalue weighted by Crippen LogP contribution is 2.59. The second-order valence-corrected chi connectivity index (χ2v) is 18.7. The van der Waals surface area contributed by atoms with Crippen molar-refractivity contribution in [2.24, 2.45) is 0 Å². The predicted octanol–water partition coefficient (Wildman–Crippen LogP) is 16.9. The van der Waals surface area contributed by atoms with E-state index in [0.717, 1.165) is 57.6 Å². The average Bonchev–Trinajstić information content (AvgIpc) is 3.26. The van der Waals surface area contributed by atoms with Gasteiger partial charge >= 0.3 is 6.18 Å². The van der Waals surface area contributed by atoms with Gasteiger partial charge in [0.05, 0.1) is 46.3 Å². The first kappa shape index (κ1) is 43.8. The van der Waals surface area contributed by atoms with Gasteiger partial charge in [-0.25, -0.2) is 4.85 Å². The predicted molar refractivity (Wildman–Crippen MR) is 259 cm³/mol. The number of hydrogen-bond acceptors (Lipinski definition) is 2. The summed E-state index contributed by atoms with van der Waals surface area (Å²) in [6.45, 7) is 45.6. The molecule has 8 rings (SSSR count). The van der Waals surface area contributed by atoms with Crippen molar-refractivity contribution in [1.29, 1.82) is 0 Å². The Morgan fingerprint density at radius 3 is 1.11 bits per heavy atom. The van der Waals surface area contributed by atoms with Crippen LogP contribution in [0.1, 0.15) is 122 Å². The van der Waals surface area contributed by atoms with Gasteiger partial charge in [-0.2, -0.15) is 13.2 Å². The Labute approximate surface area is 373 Å². The van der Waals surface area contributed by atoms with Crippen LogP contribution in [0.5, 0.6) is 0 Å². The van der Waals surface area contributed by atoms with Crippen LogP contribution in [0.4, 0.5) is 53.0 Å². The van der Waals surface area contributed by atoms with Gasteiger partial charge in [0.25, 0.3) is 0 Å². The first-order valence-corrected chi connectivity index (χ1v) is 22.2. The summed E-state index contributed by atoms with van der Waals surface area (Å²) in [6.07, 6.45) is -3.21. The van der Waals surface area contributed by atoms with E-state index < -0.39 is 11.7 Å². The fraction of sp³-hybridized carbons (Fsp3) is 0.351. The fourth-order valence-corrected chi connectivity index (χ4v) is 11.2. The van der Waals surface area contributed by atoms with Crippen molar-refractivity contribution in [1.82, 2.24) is 0 Å². The topological polar surface area (TPSA) is 10.8 Å². The molecule has 2 aliphatic heterocycles. The van der Waals surface area contributed by atoms with Crippen molar-refractivity contribution in [3.05, 3.63) is 164 Å². The molecule has 2 aliphatic rings. The van der Waals surface area contributed by atoms with E-state index >= 15 is 13.2 Å². The van der Waals surface area contributed by atoms with E-state index in [4.69, 9.17) is 6.57 Å². The molecule has 0 aliphatic carbocycles. The average molecular weight is 844 g/mol. The molecule has 324 valence electrons. The van der Waals surface area contributed by atoms with Gasteiger partial charge in [-0.3, -0.25) is 0 Å². The molecule has 0 aromatic heterocycles. The molecule has 6 aromatic carbocycles. The summed E-state index contributed by atoms with van der Waals surface area (Å²) in [4.78, 5) is 8.59. The van der Waals surface area contributed by atoms with Crippen molar-refractivity contribution in [3.8, 4) is 11.1 Å². The van der Waals surface area contributed by atoms with Crippen molar-refractivity contribution in [2.45, 2.75) is 137 Å². The van der Waals surface area contributed by atoms with Gasteiger partial charge in [0.1, 0.15) is 0 Å². The summed E-state index contributed by atoms with van der Waals surface area (Å²) >= 11 is 0. The molecular formula is C57H60F3N3. The van der Waals surface area contributed by atoms with Crippen LogP contribution in [0.2, 0.25) is 0 Å². The lowest BCUT2D eigenvalue weighted by molar-refractivity contribution is -0.137. The zero-order chi connectivity index (χ0) is 46.2. The maximum atomic E-state index is 15.5. The summed E-state index contributed by atoms with van der Waals surface area (Å²) in [6, 6.07) is 7.94. The van der Waals surface area contributed by atoms with Gasteiger partial charge in [0.15, 0.2) is 5.69 Å². The minimum absolute atomic E-state index is 0.0274. The van der Waals surface area contributed by atoms with Crippen LogP contribution in [0.25, 0.3) is 16.0 Å². The Morgan fingerprint density at radius 2 is 0.762 bits per heavy atom. The normalized spacial score (nSPS) is 13.2. The Morgan fingerprint density at radius 1 is 0.413 bits per heavy atom. The molecule has 0 saturated heterocycles. The standard InChI is InChI=1S/C57H60F3N3/c1-26-30(5)38(13)52-44(34(26)9)24-45-35(10)27(2)31(6)39(14)53(45)62(52)50-23-22-43(51-48(57(58,59)60)20-19-21-49(51)61-18)56(42(50)17)63-54-40(15)32(7)28(3)36(11)46(54)25-47-37(12)29(4)33(8)41(16)55(47)63/h19-23H,24-25H2,1-17H3. The van der Waals surface area contributed by atoms with E-state index in [1.807, 2.05) is 12.1 Å². The third kappa shape index (κ3) is 6.05. The highest BCUT2D eigenvalue weighted by Gasteiger charge is 2.40. The molecule has 63 heavy (non-hydrogen) atoms. The number of nitrogens with zero attached hydrogens (tertiary/aromatic N) is 3. The highest BCUT2D eigenvalue weighted by atomic mass is 19.4. The molecule has 6 aromatic rings. The molecule has 0 spiro atoms. The smallest absolute Gasteiger partial charge is 0.309 e. The first-order valence-electron chi connectivity index (χ1n) is 22.2. The summed E-state index contributed by atoms with van der Waals surface area (Å²) in [5.41, 5.74) is 30.4. The molecule has 0 radical (unpaired) electrons. The van der Waals surface area contributed by atoms with Crippen LogP contribution in [-0.2, 0) is 19.0 Å². The Balaban J connectivity index is 1.65. The lowest BCUT2D eigenvalue weighted by Crippen LogP contribution is -2.28. The van der Waals surface area contributed by atoms with Crippen LogP contribution in [0.15, 0.2) is 30.3 Å². The number of halogens is 3. The van der Waals surface area contributed by atoms with E-state index in [-0.39, 0.29) is 11.3 Å². The summed E-state index contributed by atoms with van der Waals surface area (Å²) < 4.78 is 46.5. The van der Waals surface area contributed by atoms with Crippen LogP contribution >= 0.6 is 0 Å². The molecule has 0 unspecified atom stereocenters. The molecule has 3 nitrogen and oxygen atoms in total. The van der Waals surface area contributed by atoms with Gasteiger partial charge in [0.2, 0.25) is 0 Å². The third-order valence-electron chi connectivity index (χ3n) is 16.3. The number of rotatable bonds is 3. The Hall–Kier alpha value is -5.80. The Bertz CT molecular complexity index is 2940. The zero-order valence-corrected chi connectivity index (χ0v) is 40.3. The highest BCUT2D eigenvalue weighted by molar-refractivity contribution is 6.03. The minimum atomic E-state index is -4.71. The number of benzene rings is 6. The quantitative estimate of drug-likeness (QED) is 0.164. The molecule has 0 amide bonds. The van der Waals surface area contributed by atoms with Crippen LogP contribution in [0.3, 0.4) is 0 Å². The minimum Gasteiger partial charge on any atom is -0.309 e.